The number of amides is 1. The lowest BCUT2D eigenvalue weighted by atomic mass is 9.80. The Balaban J connectivity index is 1.64. The second-order valence-corrected chi connectivity index (χ2v) is 10.1. The molecule has 0 aliphatic heterocycles. The highest BCUT2D eigenvalue weighted by Crippen LogP contribution is 2.36. The molecular weight excluding hydrogens is 430 g/mol. The third-order valence-corrected chi connectivity index (χ3v) is 7.76. The van der Waals surface area contributed by atoms with Gasteiger partial charge in [-0.2, -0.15) is 4.99 Å². The number of nitrogens with two attached hydrogens (primary N) is 1. The minimum atomic E-state index is -1.36. The number of hydrogen-bond donors (Lipinski definition) is 3. The standard InChI is InChI=1S/C25H35N7O2/c1-15(17-12-7-13-17)27-21-19-22(30-23(29-21)20(26)28-25(33)34)31-24(18-10-5-6-11-18)32(19)14-16-8-3-2-4-9-16/h10,15-17H,2-9,11-14H2,1H3,(H2,26,28)(H,33,34)(H,27,29,30)/t15-/m1/s1. The number of amidine groups is 1. The number of nitrogens with zero attached hydrogens (tertiary/aromatic N) is 5. The zero-order valence-corrected chi connectivity index (χ0v) is 20.0. The van der Waals surface area contributed by atoms with Crippen molar-refractivity contribution in [1.82, 2.24) is 19.5 Å². The molecule has 9 nitrogen and oxygen atoms in total. The molecule has 9 heteroatoms. The molecule has 2 saturated carbocycles. The molecule has 0 unspecified atom stereocenters. The predicted octanol–water partition coefficient (Wildman–Crippen LogP) is 4.96. The first-order valence-corrected chi connectivity index (χ1v) is 12.8. The number of imidazole rings is 1. The summed E-state index contributed by atoms with van der Waals surface area (Å²) < 4.78 is 2.33. The first-order chi connectivity index (χ1) is 16.5. The molecular formula is C25H35N7O2. The Morgan fingerprint density at radius 1 is 1.18 bits per heavy atom. The van der Waals surface area contributed by atoms with Crippen LogP contribution in [-0.2, 0) is 6.54 Å². The number of aromatic nitrogens is 4. The highest BCUT2D eigenvalue weighted by Gasteiger charge is 2.28. The molecule has 3 aliphatic rings. The number of carbonyl (C=O) groups is 1. The third kappa shape index (κ3) is 4.65. The average Bonchev–Trinajstić information content (AvgIpc) is 3.41. The van der Waals surface area contributed by atoms with Crippen molar-refractivity contribution in [1.29, 1.82) is 0 Å². The number of nitrogens with one attached hydrogen (secondary N) is 1. The van der Waals surface area contributed by atoms with E-state index in [1.54, 1.807) is 0 Å². The quantitative estimate of drug-likeness (QED) is 0.389. The van der Waals surface area contributed by atoms with E-state index in [2.05, 4.69) is 32.9 Å². The van der Waals surface area contributed by atoms with Crippen molar-refractivity contribution in [2.24, 2.45) is 22.6 Å². The van der Waals surface area contributed by atoms with Gasteiger partial charge in [-0.05, 0) is 69.3 Å². The molecule has 0 radical (unpaired) electrons. The molecule has 2 fully saturated rings. The molecule has 1 amide bonds. The van der Waals surface area contributed by atoms with E-state index >= 15 is 0 Å². The van der Waals surface area contributed by atoms with Crippen molar-refractivity contribution in [2.75, 3.05) is 5.32 Å². The van der Waals surface area contributed by atoms with E-state index in [0.29, 0.717) is 23.3 Å². The fraction of sp³-hybridized carbons (Fsp3) is 0.640. The van der Waals surface area contributed by atoms with E-state index in [1.807, 2.05) is 0 Å². The van der Waals surface area contributed by atoms with Gasteiger partial charge in [0.2, 0.25) is 0 Å². The smallest absolute Gasteiger partial charge is 0.433 e. The molecule has 182 valence electrons. The van der Waals surface area contributed by atoms with Crippen molar-refractivity contribution < 1.29 is 9.90 Å². The highest BCUT2D eigenvalue weighted by molar-refractivity contribution is 6.01. The minimum absolute atomic E-state index is 0.104. The second kappa shape index (κ2) is 9.72. The van der Waals surface area contributed by atoms with E-state index in [0.717, 1.165) is 37.1 Å². The van der Waals surface area contributed by atoms with Gasteiger partial charge in [0, 0.05) is 12.6 Å². The van der Waals surface area contributed by atoms with Gasteiger partial charge in [-0.3, -0.25) is 0 Å². The van der Waals surface area contributed by atoms with Crippen LogP contribution in [-0.4, -0.2) is 42.6 Å². The average molecular weight is 466 g/mol. The van der Waals surface area contributed by atoms with Crippen LogP contribution >= 0.6 is 0 Å². The summed E-state index contributed by atoms with van der Waals surface area (Å²) in [6.45, 7) is 3.09. The van der Waals surface area contributed by atoms with E-state index in [4.69, 9.17) is 20.8 Å². The highest BCUT2D eigenvalue weighted by atomic mass is 16.4. The Kier molecular flexibility index (Phi) is 6.52. The van der Waals surface area contributed by atoms with Gasteiger partial charge in [0.15, 0.2) is 23.1 Å². The van der Waals surface area contributed by atoms with Gasteiger partial charge in [-0.1, -0.05) is 31.8 Å². The van der Waals surface area contributed by atoms with Crippen LogP contribution in [0.4, 0.5) is 10.6 Å². The van der Waals surface area contributed by atoms with Gasteiger partial charge in [0.1, 0.15) is 11.3 Å². The summed E-state index contributed by atoms with van der Waals surface area (Å²) in [5.74, 6) is 2.76. The number of anilines is 1. The van der Waals surface area contributed by atoms with Gasteiger partial charge in [-0.25, -0.2) is 19.7 Å². The van der Waals surface area contributed by atoms with E-state index in [9.17, 15) is 4.79 Å². The van der Waals surface area contributed by atoms with Gasteiger partial charge in [-0.15, -0.1) is 0 Å². The Morgan fingerprint density at radius 2 is 1.97 bits per heavy atom. The van der Waals surface area contributed by atoms with Crippen LogP contribution < -0.4 is 11.1 Å². The topological polar surface area (TPSA) is 131 Å². The number of carboxylic acid groups (broad SMARTS) is 1. The maximum absolute atomic E-state index is 11.1. The largest absolute Gasteiger partial charge is 0.463 e. The van der Waals surface area contributed by atoms with E-state index in [1.165, 1.54) is 56.9 Å². The summed E-state index contributed by atoms with van der Waals surface area (Å²) in [5.41, 5.74) is 8.68. The van der Waals surface area contributed by atoms with Gasteiger partial charge in [0.25, 0.3) is 0 Å². The van der Waals surface area contributed by atoms with Crippen LogP contribution in [0.5, 0.6) is 0 Å². The zero-order valence-electron chi connectivity index (χ0n) is 20.0. The summed E-state index contributed by atoms with van der Waals surface area (Å²) in [4.78, 5) is 28.9. The maximum Gasteiger partial charge on any atom is 0.433 e. The normalized spacial score (nSPS) is 20.9. The molecule has 34 heavy (non-hydrogen) atoms. The van der Waals surface area contributed by atoms with Gasteiger partial charge in [0.05, 0.1) is 0 Å². The molecule has 0 aromatic carbocycles. The van der Waals surface area contributed by atoms with Gasteiger partial charge >= 0.3 is 6.09 Å². The van der Waals surface area contributed by atoms with Crippen molar-refractivity contribution in [3.05, 3.63) is 17.7 Å². The lowest BCUT2D eigenvalue weighted by Crippen LogP contribution is -2.32. The first kappa shape index (κ1) is 22.8. The minimum Gasteiger partial charge on any atom is -0.463 e. The summed E-state index contributed by atoms with van der Waals surface area (Å²) >= 11 is 0. The van der Waals surface area contributed by atoms with Crippen LogP contribution in [0.25, 0.3) is 16.7 Å². The lowest BCUT2D eigenvalue weighted by molar-refractivity contribution is 0.205. The van der Waals surface area contributed by atoms with Crippen molar-refractivity contribution in [2.45, 2.75) is 90.1 Å². The summed E-state index contributed by atoms with van der Waals surface area (Å²) in [7, 11) is 0. The number of rotatable bonds is 7. The Hall–Kier alpha value is -2.97. The third-order valence-electron chi connectivity index (χ3n) is 7.76. The number of allylic oxidation sites excluding steroid dienone is 2. The maximum atomic E-state index is 11.1. The fourth-order valence-electron chi connectivity index (χ4n) is 5.60. The van der Waals surface area contributed by atoms with Crippen LogP contribution in [0.1, 0.15) is 89.2 Å². The first-order valence-electron chi connectivity index (χ1n) is 12.8. The van der Waals surface area contributed by atoms with Crippen LogP contribution in [0.2, 0.25) is 0 Å². The number of aliphatic imine (C=N–C) groups is 1. The molecule has 2 heterocycles. The predicted molar refractivity (Wildman–Crippen MR) is 133 cm³/mol. The molecule has 1 atom stereocenters. The van der Waals surface area contributed by atoms with Crippen molar-refractivity contribution in [3.63, 3.8) is 0 Å². The molecule has 5 rings (SSSR count). The fourth-order valence-corrected chi connectivity index (χ4v) is 5.60. The Morgan fingerprint density at radius 3 is 2.62 bits per heavy atom. The van der Waals surface area contributed by atoms with Gasteiger partial charge < -0.3 is 20.7 Å². The summed E-state index contributed by atoms with van der Waals surface area (Å²) in [5, 5.41) is 12.7. The van der Waals surface area contributed by atoms with Crippen molar-refractivity contribution in [3.8, 4) is 0 Å². The summed E-state index contributed by atoms with van der Waals surface area (Å²) in [6, 6.07) is 0.240. The second-order valence-electron chi connectivity index (χ2n) is 10.1. The van der Waals surface area contributed by atoms with E-state index in [-0.39, 0.29) is 17.7 Å². The molecule has 3 aliphatic carbocycles. The molecule has 0 saturated heterocycles. The molecule has 2 aromatic heterocycles. The Labute approximate surface area is 200 Å². The molecule has 2 aromatic rings. The van der Waals surface area contributed by atoms with Crippen molar-refractivity contribution >= 4 is 34.5 Å². The number of fused-ring (bicyclic) bond motifs is 1. The SMILES string of the molecule is C[C@@H](Nc1nc(/C(N)=N/C(=O)O)nc2nc(C3=CCCC3)n(CC3CCCCC3)c12)C1CCC1. The zero-order chi connectivity index (χ0) is 23.7. The number of hydrogen-bond acceptors (Lipinski definition) is 5. The lowest BCUT2D eigenvalue weighted by Gasteiger charge is -2.32. The van der Waals surface area contributed by atoms with E-state index < -0.39 is 6.09 Å². The monoisotopic (exact) mass is 465 g/mol. The summed E-state index contributed by atoms with van der Waals surface area (Å²) in [6.07, 6.45) is 14.2. The molecule has 0 bridgehead atoms. The van der Waals surface area contributed by atoms with Crippen LogP contribution in [0, 0.1) is 11.8 Å². The molecule has 4 N–H and O–H groups in total. The Bertz CT molecular complexity index is 1130. The molecule has 0 spiro atoms. The van der Waals surface area contributed by atoms with Crippen LogP contribution in [0.15, 0.2) is 11.1 Å². The van der Waals surface area contributed by atoms with Crippen LogP contribution in [0.3, 0.4) is 0 Å².